The first-order chi connectivity index (χ1) is 14.3. The molecule has 2 unspecified atom stereocenters. The van der Waals surface area contributed by atoms with Crippen molar-refractivity contribution in [2.45, 2.75) is 25.2 Å². The predicted octanol–water partition coefficient (Wildman–Crippen LogP) is 5.26. The number of carbonyl (C=O) groups is 1. The van der Waals surface area contributed by atoms with Crippen molar-refractivity contribution in [3.05, 3.63) is 69.8 Å². The van der Waals surface area contributed by atoms with Crippen LogP contribution in [0.1, 0.15) is 22.3 Å². The molecule has 3 aromatic rings. The Morgan fingerprint density at radius 3 is 2.63 bits per heavy atom. The Morgan fingerprint density at radius 2 is 2.00 bits per heavy atom. The van der Waals surface area contributed by atoms with Gasteiger partial charge in [0.1, 0.15) is 12.0 Å². The molecule has 5 nitrogen and oxygen atoms in total. The standard InChI is InChI=1S/C21H18ClF2N3O2S/c1-26(10-13-4-7-15(23)8-16(13)20(28)29)27(19-9-17(19)24)21-25-18(11-30-21)12-2-5-14(22)6-3-12/h2-8,11,17,19H,9-10H2,1H3,(H,28,29). The molecule has 4 rings (SSSR count). The molecule has 1 aromatic heterocycles. The van der Waals surface area contributed by atoms with Crippen molar-refractivity contribution in [3.63, 3.8) is 0 Å². The number of benzene rings is 2. The van der Waals surface area contributed by atoms with E-state index in [-0.39, 0.29) is 18.2 Å². The molecule has 9 heteroatoms. The van der Waals surface area contributed by atoms with Gasteiger partial charge < -0.3 is 5.11 Å². The third-order valence-corrected chi connectivity index (χ3v) is 5.97. The van der Waals surface area contributed by atoms with Gasteiger partial charge in [0.05, 0.1) is 17.3 Å². The molecule has 0 saturated heterocycles. The molecule has 2 aromatic carbocycles. The summed E-state index contributed by atoms with van der Waals surface area (Å²) in [5, 5.41) is 16.0. The summed E-state index contributed by atoms with van der Waals surface area (Å²) in [5.74, 6) is -1.83. The van der Waals surface area contributed by atoms with Gasteiger partial charge in [0.15, 0.2) is 0 Å². The van der Waals surface area contributed by atoms with Crippen molar-refractivity contribution >= 4 is 34.0 Å². The zero-order chi connectivity index (χ0) is 21.4. The van der Waals surface area contributed by atoms with E-state index in [4.69, 9.17) is 11.6 Å². The number of hydrazine groups is 1. The highest BCUT2D eigenvalue weighted by Gasteiger charge is 2.45. The molecule has 1 saturated carbocycles. The maximum absolute atomic E-state index is 14.0. The molecule has 2 atom stereocenters. The number of thiazole rings is 1. The van der Waals surface area contributed by atoms with E-state index in [2.05, 4.69) is 4.98 Å². The van der Waals surface area contributed by atoms with Crippen LogP contribution in [0.5, 0.6) is 0 Å². The zero-order valence-electron chi connectivity index (χ0n) is 15.9. The molecule has 0 bridgehead atoms. The first kappa shape index (κ1) is 20.7. The average Bonchev–Trinajstić information content (AvgIpc) is 3.21. The third kappa shape index (κ3) is 4.30. The summed E-state index contributed by atoms with van der Waals surface area (Å²) >= 11 is 7.32. The SMILES string of the molecule is CN(Cc1ccc(F)cc1C(=O)O)N(c1nc(-c2ccc(Cl)cc2)cs1)C1CC1F. The molecule has 1 aliphatic rings. The van der Waals surface area contributed by atoms with Crippen molar-refractivity contribution in [1.82, 2.24) is 9.99 Å². The van der Waals surface area contributed by atoms with Gasteiger partial charge in [0.2, 0.25) is 5.13 Å². The van der Waals surface area contributed by atoms with Gasteiger partial charge in [-0.2, -0.15) is 0 Å². The normalized spacial score (nSPS) is 17.9. The van der Waals surface area contributed by atoms with Crippen LogP contribution >= 0.6 is 22.9 Å². The fourth-order valence-electron chi connectivity index (χ4n) is 3.28. The number of hydrogen-bond acceptors (Lipinski definition) is 5. The Hall–Kier alpha value is -2.55. The summed E-state index contributed by atoms with van der Waals surface area (Å²) in [6, 6.07) is 10.6. The van der Waals surface area contributed by atoms with Gasteiger partial charge in [0, 0.05) is 36.0 Å². The van der Waals surface area contributed by atoms with Crippen molar-refractivity contribution in [2.75, 3.05) is 12.1 Å². The fraction of sp³-hybridized carbons (Fsp3) is 0.238. The molecule has 1 heterocycles. The molecule has 0 aliphatic heterocycles. The lowest BCUT2D eigenvalue weighted by molar-refractivity contribution is 0.0694. The molecule has 1 aliphatic carbocycles. The molecule has 30 heavy (non-hydrogen) atoms. The molecular weight excluding hydrogens is 432 g/mol. The topological polar surface area (TPSA) is 56.7 Å². The number of halogens is 3. The minimum Gasteiger partial charge on any atom is -0.478 e. The lowest BCUT2D eigenvalue weighted by atomic mass is 10.1. The Labute approximate surface area is 181 Å². The van der Waals surface area contributed by atoms with Crippen LogP contribution in [0.25, 0.3) is 11.3 Å². The Morgan fingerprint density at radius 1 is 1.30 bits per heavy atom. The van der Waals surface area contributed by atoms with E-state index in [1.807, 2.05) is 17.5 Å². The van der Waals surface area contributed by atoms with Gasteiger partial charge in [-0.15, -0.1) is 11.3 Å². The molecule has 1 fully saturated rings. The Balaban J connectivity index is 1.61. The largest absolute Gasteiger partial charge is 0.478 e. The van der Waals surface area contributed by atoms with E-state index in [0.29, 0.717) is 22.1 Å². The number of alkyl halides is 1. The second kappa shape index (κ2) is 8.29. The smallest absolute Gasteiger partial charge is 0.336 e. The summed E-state index contributed by atoms with van der Waals surface area (Å²) in [6.45, 7) is 0.168. The van der Waals surface area contributed by atoms with Gasteiger partial charge >= 0.3 is 5.97 Å². The molecule has 0 amide bonds. The predicted molar refractivity (Wildman–Crippen MR) is 113 cm³/mol. The molecular formula is C21H18ClF2N3O2S. The number of carboxylic acids is 1. The van der Waals surface area contributed by atoms with Gasteiger partial charge in [-0.3, -0.25) is 5.01 Å². The van der Waals surface area contributed by atoms with Gasteiger partial charge in [-0.1, -0.05) is 29.8 Å². The third-order valence-electron chi connectivity index (χ3n) is 4.89. The van der Waals surface area contributed by atoms with E-state index in [1.54, 1.807) is 29.2 Å². The van der Waals surface area contributed by atoms with Crippen LogP contribution in [0, 0.1) is 5.82 Å². The first-order valence-electron chi connectivity index (χ1n) is 9.21. The minimum absolute atomic E-state index is 0.115. The van der Waals surface area contributed by atoms with Gasteiger partial charge in [-0.25, -0.2) is 23.6 Å². The monoisotopic (exact) mass is 449 g/mol. The summed E-state index contributed by atoms with van der Waals surface area (Å²) in [5.41, 5.74) is 1.95. The highest BCUT2D eigenvalue weighted by Crippen LogP contribution is 2.39. The van der Waals surface area contributed by atoms with E-state index >= 15 is 0 Å². The lowest BCUT2D eigenvalue weighted by Crippen LogP contribution is -2.42. The van der Waals surface area contributed by atoms with Crippen molar-refractivity contribution in [1.29, 1.82) is 0 Å². The van der Waals surface area contributed by atoms with Crippen molar-refractivity contribution in [3.8, 4) is 11.3 Å². The summed E-state index contributed by atoms with van der Waals surface area (Å²) in [7, 11) is 1.74. The number of hydrogen-bond donors (Lipinski definition) is 1. The second-order valence-corrected chi connectivity index (χ2v) is 8.38. The maximum Gasteiger partial charge on any atom is 0.336 e. The van der Waals surface area contributed by atoms with Crippen LogP contribution in [-0.4, -0.2) is 40.3 Å². The number of aromatic nitrogens is 1. The van der Waals surface area contributed by atoms with E-state index < -0.39 is 18.0 Å². The Bertz CT molecular complexity index is 1080. The van der Waals surface area contributed by atoms with E-state index in [0.717, 1.165) is 17.3 Å². The number of aromatic carboxylic acids is 1. The number of nitrogens with zero attached hydrogens (tertiary/aromatic N) is 3. The minimum atomic E-state index is -1.21. The van der Waals surface area contributed by atoms with Crippen LogP contribution in [0.15, 0.2) is 47.8 Å². The van der Waals surface area contributed by atoms with Crippen LogP contribution in [0.4, 0.5) is 13.9 Å². The lowest BCUT2D eigenvalue weighted by Gasteiger charge is -2.32. The van der Waals surface area contributed by atoms with Gasteiger partial charge in [-0.05, 0) is 29.8 Å². The van der Waals surface area contributed by atoms with Crippen LogP contribution in [-0.2, 0) is 6.54 Å². The highest BCUT2D eigenvalue weighted by atomic mass is 35.5. The summed E-state index contributed by atoms with van der Waals surface area (Å²) in [6.07, 6.45) is -0.613. The molecule has 1 N–H and O–H groups in total. The molecule has 0 radical (unpaired) electrons. The van der Waals surface area contributed by atoms with Crippen LogP contribution in [0.3, 0.4) is 0 Å². The van der Waals surface area contributed by atoms with Gasteiger partial charge in [0.25, 0.3) is 0 Å². The van der Waals surface area contributed by atoms with E-state index in [9.17, 15) is 18.7 Å². The first-order valence-corrected chi connectivity index (χ1v) is 10.5. The zero-order valence-corrected chi connectivity index (χ0v) is 17.5. The highest BCUT2D eigenvalue weighted by molar-refractivity contribution is 7.14. The number of carboxylic acid groups (broad SMARTS) is 1. The van der Waals surface area contributed by atoms with E-state index in [1.165, 1.54) is 23.5 Å². The second-order valence-electron chi connectivity index (χ2n) is 7.11. The van der Waals surface area contributed by atoms with Crippen LogP contribution < -0.4 is 5.01 Å². The number of anilines is 1. The maximum atomic E-state index is 14.0. The number of rotatable bonds is 7. The summed E-state index contributed by atoms with van der Waals surface area (Å²) in [4.78, 5) is 16.2. The van der Waals surface area contributed by atoms with Crippen LogP contribution in [0.2, 0.25) is 5.02 Å². The molecule has 0 spiro atoms. The van der Waals surface area contributed by atoms with Crippen molar-refractivity contribution in [2.24, 2.45) is 0 Å². The average molecular weight is 450 g/mol. The quantitative estimate of drug-likeness (QED) is 0.498. The summed E-state index contributed by atoms with van der Waals surface area (Å²) < 4.78 is 27.5. The molecule has 156 valence electrons. The Kier molecular flexibility index (Phi) is 5.73. The fourth-order valence-corrected chi connectivity index (χ4v) is 4.34. The van der Waals surface area contributed by atoms with Crippen molar-refractivity contribution < 1.29 is 18.7 Å².